The second kappa shape index (κ2) is 8.07. The lowest BCUT2D eigenvalue weighted by molar-refractivity contribution is -0.117. The van der Waals surface area contributed by atoms with Crippen LogP contribution in [0.5, 0.6) is 5.75 Å². The molecular weight excluding hydrogens is 449 g/mol. The van der Waals surface area contributed by atoms with Crippen molar-refractivity contribution in [1.29, 1.82) is 0 Å². The van der Waals surface area contributed by atoms with Crippen LogP contribution in [0, 0.1) is 5.82 Å². The van der Waals surface area contributed by atoms with Crippen molar-refractivity contribution in [2.75, 3.05) is 25.1 Å². The molecule has 4 aromatic rings. The van der Waals surface area contributed by atoms with Crippen molar-refractivity contribution in [2.24, 2.45) is 0 Å². The molecule has 0 atom stereocenters. The fourth-order valence-electron chi connectivity index (χ4n) is 4.08. The van der Waals surface area contributed by atoms with Gasteiger partial charge in [-0.25, -0.2) is 4.39 Å². The quantitative estimate of drug-likeness (QED) is 0.399. The maximum atomic E-state index is 15.8. The number of nitrogens with one attached hydrogen (secondary N) is 1. The smallest absolute Gasteiger partial charge is 0.243 e. The lowest BCUT2D eigenvalue weighted by atomic mass is 9.96. The molecule has 1 fully saturated rings. The summed E-state index contributed by atoms with van der Waals surface area (Å²) in [5.74, 6) is -0.0279. The molecule has 5 rings (SSSR count). The second-order valence-corrected chi connectivity index (χ2v) is 8.80. The zero-order chi connectivity index (χ0) is 22.4. The Morgan fingerprint density at radius 2 is 2.09 bits per heavy atom. The molecule has 1 amide bonds. The summed E-state index contributed by atoms with van der Waals surface area (Å²) < 4.78 is 25.6. The SMILES string of the molecule is C=CC(=O)NC1CN(c2snc3c(F)c(-c4cc(OC)cc5ccccc45)c(Cl)cc23)C1. The minimum absolute atomic E-state index is 0.0281. The van der Waals surface area contributed by atoms with Crippen LogP contribution >= 0.6 is 23.1 Å². The molecule has 0 unspecified atom stereocenters. The van der Waals surface area contributed by atoms with E-state index in [0.717, 1.165) is 15.8 Å². The van der Waals surface area contributed by atoms with Gasteiger partial charge in [0.1, 0.15) is 16.3 Å². The number of amides is 1. The highest BCUT2D eigenvalue weighted by Gasteiger charge is 2.31. The molecule has 0 saturated carbocycles. The lowest BCUT2D eigenvalue weighted by Crippen LogP contribution is -2.59. The molecule has 8 heteroatoms. The second-order valence-electron chi connectivity index (χ2n) is 7.64. The summed E-state index contributed by atoms with van der Waals surface area (Å²) >= 11 is 7.89. The van der Waals surface area contributed by atoms with E-state index in [1.807, 2.05) is 30.3 Å². The predicted molar refractivity (Wildman–Crippen MR) is 128 cm³/mol. The number of anilines is 1. The van der Waals surface area contributed by atoms with Crippen LogP contribution in [-0.4, -0.2) is 36.5 Å². The Kier molecular flexibility index (Phi) is 5.23. The third-order valence-electron chi connectivity index (χ3n) is 5.69. The van der Waals surface area contributed by atoms with E-state index in [4.69, 9.17) is 16.3 Å². The Morgan fingerprint density at radius 1 is 1.31 bits per heavy atom. The highest BCUT2D eigenvalue weighted by atomic mass is 35.5. The molecule has 1 saturated heterocycles. The third-order valence-corrected chi connectivity index (χ3v) is 6.91. The van der Waals surface area contributed by atoms with E-state index >= 15 is 4.39 Å². The predicted octanol–water partition coefficient (Wildman–Crippen LogP) is 5.41. The highest BCUT2D eigenvalue weighted by Crippen LogP contribution is 2.44. The first-order valence-electron chi connectivity index (χ1n) is 10.0. The van der Waals surface area contributed by atoms with Crippen LogP contribution in [0.1, 0.15) is 0 Å². The summed E-state index contributed by atoms with van der Waals surface area (Å²) in [5, 5.41) is 6.50. The lowest BCUT2D eigenvalue weighted by Gasteiger charge is -2.40. The van der Waals surface area contributed by atoms with Crippen molar-refractivity contribution in [3.05, 3.63) is 66.0 Å². The molecule has 3 aromatic carbocycles. The fraction of sp³-hybridized carbons (Fsp3) is 0.167. The molecule has 1 aliphatic heterocycles. The molecule has 0 spiro atoms. The maximum absolute atomic E-state index is 15.8. The van der Waals surface area contributed by atoms with Gasteiger partial charge >= 0.3 is 0 Å². The van der Waals surface area contributed by atoms with Crippen LogP contribution in [0.25, 0.3) is 32.8 Å². The van der Waals surface area contributed by atoms with Gasteiger partial charge in [-0.3, -0.25) is 4.79 Å². The molecule has 5 nitrogen and oxygen atoms in total. The summed E-state index contributed by atoms with van der Waals surface area (Å²) in [7, 11) is 1.58. The number of ether oxygens (including phenoxy) is 1. The summed E-state index contributed by atoms with van der Waals surface area (Å²) in [5.41, 5.74) is 1.26. The van der Waals surface area contributed by atoms with Crippen LogP contribution in [0.15, 0.2) is 55.1 Å². The number of halogens is 2. The summed E-state index contributed by atoms with van der Waals surface area (Å²) in [6, 6.07) is 13.3. The van der Waals surface area contributed by atoms with Gasteiger partial charge in [-0.05, 0) is 52.1 Å². The normalized spacial score (nSPS) is 13.9. The summed E-state index contributed by atoms with van der Waals surface area (Å²) in [6.45, 7) is 4.71. The van der Waals surface area contributed by atoms with Crippen LogP contribution < -0.4 is 15.0 Å². The zero-order valence-corrected chi connectivity index (χ0v) is 18.8. The van der Waals surface area contributed by atoms with Gasteiger partial charge in [-0.2, -0.15) is 4.37 Å². The number of carbonyl (C=O) groups excluding carboxylic acids is 1. The molecule has 1 aromatic heterocycles. The monoisotopic (exact) mass is 467 g/mol. The van der Waals surface area contributed by atoms with E-state index in [0.29, 0.717) is 40.4 Å². The average molecular weight is 468 g/mol. The summed E-state index contributed by atoms with van der Waals surface area (Å²) in [6.07, 6.45) is 1.25. The Hall–Kier alpha value is -3.16. The molecule has 0 aliphatic carbocycles. The maximum Gasteiger partial charge on any atom is 0.243 e. The van der Waals surface area contributed by atoms with Crippen molar-refractivity contribution < 1.29 is 13.9 Å². The first-order chi connectivity index (χ1) is 15.5. The van der Waals surface area contributed by atoms with Gasteiger partial charge in [0.25, 0.3) is 0 Å². The van der Waals surface area contributed by atoms with Gasteiger partial charge in [0.15, 0.2) is 5.82 Å². The number of methoxy groups -OCH3 is 1. The first-order valence-corrected chi connectivity index (χ1v) is 11.2. The van der Waals surface area contributed by atoms with E-state index in [1.54, 1.807) is 19.2 Å². The molecule has 32 heavy (non-hydrogen) atoms. The zero-order valence-electron chi connectivity index (χ0n) is 17.2. The Morgan fingerprint density at radius 3 is 2.84 bits per heavy atom. The number of rotatable bonds is 5. The van der Waals surface area contributed by atoms with Gasteiger partial charge in [0, 0.05) is 24.0 Å². The van der Waals surface area contributed by atoms with Crippen LogP contribution in [-0.2, 0) is 4.79 Å². The van der Waals surface area contributed by atoms with E-state index in [9.17, 15) is 4.79 Å². The third kappa shape index (κ3) is 3.38. The van der Waals surface area contributed by atoms with E-state index in [2.05, 4.69) is 21.2 Å². The van der Waals surface area contributed by atoms with Crippen molar-refractivity contribution in [2.45, 2.75) is 6.04 Å². The van der Waals surface area contributed by atoms with E-state index in [-0.39, 0.29) is 17.5 Å². The minimum atomic E-state index is -0.453. The van der Waals surface area contributed by atoms with Gasteiger partial charge in [0.2, 0.25) is 5.91 Å². The van der Waals surface area contributed by atoms with E-state index < -0.39 is 5.82 Å². The van der Waals surface area contributed by atoms with Gasteiger partial charge in [0.05, 0.1) is 18.2 Å². The summed E-state index contributed by atoms with van der Waals surface area (Å²) in [4.78, 5) is 13.5. The Balaban J connectivity index is 1.58. The molecule has 162 valence electrons. The molecule has 2 heterocycles. The van der Waals surface area contributed by atoms with Crippen LogP contribution in [0.3, 0.4) is 0 Å². The number of aromatic nitrogens is 1. The topological polar surface area (TPSA) is 54.5 Å². The molecule has 0 bridgehead atoms. The van der Waals surface area contributed by atoms with Crippen molar-refractivity contribution in [3.8, 4) is 16.9 Å². The Bertz CT molecular complexity index is 1380. The molecular formula is C24H19ClFN3O2S. The number of hydrogen-bond acceptors (Lipinski definition) is 5. The number of fused-ring (bicyclic) bond motifs is 2. The standard InChI is InChI=1S/C24H19ClFN3O2S/c1-3-20(30)27-14-11-29(12-14)24-18-10-19(25)21(22(26)23(18)28-32-24)17-9-15(31-2)8-13-6-4-5-7-16(13)17/h3-10,14H,1,11-12H2,2H3,(H,27,30). The fourth-order valence-corrected chi connectivity index (χ4v) is 5.25. The van der Waals surface area contributed by atoms with Gasteiger partial charge in [-0.15, -0.1) is 0 Å². The van der Waals surface area contributed by atoms with Gasteiger partial charge in [-0.1, -0.05) is 42.4 Å². The largest absolute Gasteiger partial charge is 0.497 e. The number of benzene rings is 3. The molecule has 0 radical (unpaired) electrons. The van der Waals surface area contributed by atoms with Crippen molar-refractivity contribution in [1.82, 2.24) is 9.69 Å². The number of carbonyl (C=O) groups is 1. The van der Waals surface area contributed by atoms with E-state index in [1.165, 1.54) is 17.6 Å². The van der Waals surface area contributed by atoms with Crippen LogP contribution in [0.2, 0.25) is 5.02 Å². The minimum Gasteiger partial charge on any atom is -0.497 e. The van der Waals surface area contributed by atoms with Crippen molar-refractivity contribution >= 4 is 55.7 Å². The molecule has 1 aliphatic rings. The Labute approximate surface area is 193 Å². The molecule has 1 N–H and O–H groups in total. The number of nitrogens with zero attached hydrogens (tertiary/aromatic N) is 2. The first kappa shape index (κ1) is 20.7. The van der Waals surface area contributed by atoms with Crippen molar-refractivity contribution in [3.63, 3.8) is 0 Å². The van der Waals surface area contributed by atoms with Crippen LogP contribution in [0.4, 0.5) is 9.39 Å². The highest BCUT2D eigenvalue weighted by molar-refractivity contribution is 7.11. The van der Waals surface area contributed by atoms with Gasteiger partial charge < -0.3 is 15.0 Å². The average Bonchev–Trinajstić information content (AvgIpc) is 3.18. The number of hydrogen-bond donors (Lipinski definition) is 1.